The van der Waals surface area contributed by atoms with Crippen LogP contribution in [0.2, 0.25) is 0 Å². The number of benzene rings is 1. The fourth-order valence-corrected chi connectivity index (χ4v) is 3.31. The van der Waals surface area contributed by atoms with E-state index < -0.39 is 0 Å². The summed E-state index contributed by atoms with van der Waals surface area (Å²) < 4.78 is 0. The van der Waals surface area contributed by atoms with Crippen LogP contribution in [0.15, 0.2) is 24.3 Å². The quantitative estimate of drug-likeness (QED) is 0.672. The summed E-state index contributed by atoms with van der Waals surface area (Å²) >= 11 is 3.79. The van der Waals surface area contributed by atoms with E-state index in [1.165, 1.54) is 30.4 Å². The minimum atomic E-state index is 0.641. The van der Waals surface area contributed by atoms with Crippen LogP contribution in [0, 0.1) is 0 Å². The molecule has 1 heteroatoms. The predicted molar refractivity (Wildman–Crippen MR) is 69.8 cm³/mol. The number of alkyl halides is 1. The predicted octanol–water partition coefficient (Wildman–Crippen LogP) is 4.84. The molecule has 0 amide bonds. The molecule has 0 bridgehead atoms. The molecule has 0 aromatic heterocycles. The Labute approximate surface area is 101 Å². The Morgan fingerprint density at radius 3 is 2.27 bits per heavy atom. The maximum atomic E-state index is 3.79. The second kappa shape index (κ2) is 4.69. The molecule has 2 rings (SSSR count). The lowest BCUT2D eigenvalue weighted by Crippen LogP contribution is -2.04. The lowest BCUT2D eigenvalue weighted by atomic mass is 9.94. The van der Waals surface area contributed by atoms with Crippen LogP contribution in [-0.4, -0.2) is 4.83 Å². The molecule has 0 radical (unpaired) electrons. The molecule has 0 heterocycles. The standard InChI is InChI=1S/C14H19Br/c1-10(2)11-6-8-12(9-7-11)13-4-3-5-14(13)15/h6-10,13-14H,3-5H2,1-2H3. The summed E-state index contributed by atoms with van der Waals surface area (Å²) in [7, 11) is 0. The van der Waals surface area contributed by atoms with Gasteiger partial charge in [0.2, 0.25) is 0 Å². The van der Waals surface area contributed by atoms with Crippen molar-refractivity contribution in [3.05, 3.63) is 35.4 Å². The van der Waals surface area contributed by atoms with E-state index in [9.17, 15) is 0 Å². The van der Waals surface area contributed by atoms with Crippen molar-refractivity contribution in [3.63, 3.8) is 0 Å². The fourth-order valence-electron chi connectivity index (χ4n) is 2.42. The van der Waals surface area contributed by atoms with Gasteiger partial charge in [0.25, 0.3) is 0 Å². The summed E-state index contributed by atoms with van der Waals surface area (Å²) in [6.45, 7) is 4.50. The Hall–Kier alpha value is -0.300. The molecule has 0 spiro atoms. The number of rotatable bonds is 2. The Morgan fingerprint density at radius 2 is 1.80 bits per heavy atom. The average Bonchev–Trinajstić information content (AvgIpc) is 2.65. The van der Waals surface area contributed by atoms with Crippen molar-refractivity contribution in [1.82, 2.24) is 0 Å². The zero-order chi connectivity index (χ0) is 10.8. The van der Waals surface area contributed by atoms with Crippen molar-refractivity contribution in [2.45, 2.75) is 49.8 Å². The van der Waals surface area contributed by atoms with E-state index in [0.717, 1.165) is 5.92 Å². The second-order valence-electron chi connectivity index (χ2n) is 4.87. The molecular weight excluding hydrogens is 248 g/mol. The van der Waals surface area contributed by atoms with E-state index in [1.54, 1.807) is 0 Å². The van der Waals surface area contributed by atoms with E-state index in [1.807, 2.05) is 0 Å². The van der Waals surface area contributed by atoms with Crippen LogP contribution < -0.4 is 0 Å². The Morgan fingerprint density at radius 1 is 1.13 bits per heavy atom. The van der Waals surface area contributed by atoms with Gasteiger partial charge >= 0.3 is 0 Å². The molecule has 1 aromatic rings. The normalized spacial score (nSPS) is 26.1. The average molecular weight is 267 g/mol. The van der Waals surface area contributed by atoms with E-state index in [2.05, 4.69) is 54.0 Å². The molecular formula is C14H19Br. The molecule has 2 unspecified atom stereocenters. The lowest BCUT2D eigenvalue weighted by Gasteiger charge is -2.15. The highest BCUT2D eigenvalue weighted by Crippen LogP contribution is 2.39. The molecule has 15 heavy (non-hydrogen) atoms. The summed E-state index contributed by atoms with van der Waals surface area (Å²) in [5.74, 6) is 1.38. The molecule has 0 saturated heterocycles. The first-order valence-electron chi connectivity index (χ1n) is 5.92. The molecule has 1 fully saturated rings. The van der Waals surface area contributed by atoms with Gasteiger partial charge in [-0.1, -0.05) is 60.5 Å². The van der Waals surface area contributed by atoms with E-state index in [4.69, 9.17) is 0 Å². The third-order valence-corrected chi connectivity index (χ3v) is 4.56. The minimum absolute atomic E-state index is 0.641. The molecule has 0 aliphatic heterocycles. The number of halogens is 1. The second-order valence-corrected chi connectivity index (χ2v) is 6.05. The van der Waals surface area contributed by atoms with Gasteiger partial charge < -0.3 is 0 Å². The topological polar surface area (TPSA) is 0 Å². The molecule has 1 aliphatic carbocycles. The molecule has 0 nitrogen and oxygen atoms in total. The highest BCUT2D eigenvalue weighted by Gasteiger charge is 2.25. The molecule has 1 aromatic carbocycles. The van der Waals surface area contributed by atoms with Gasteiger partial charge in [-0.2, -0.15) is 0 Å². The van der Waals surface area contributed by atoms with Crippen LogP contribution in [0.25, 0.3) is 0 Å². The van der Waals surface area contributed by atoms with Crippen molar-refractivity contribution in [2.75, 3.05) is 0 Å². The number of hydrogen-bond acceptors (Lipinski definition) is 0. The van der Waals surface area contributed by atoms with Crippen molar-refractivity contribution in [1.29, 1.82) is 0 Å². The highest BCUT2D eigenvalue weighted by atomic mass is 79.9. The monoisotopic (exact) mass is 266 g/mol. The van der Waals surface area contributed by atoms with Crippen LogP contribution >= 0.6 is 15.9 Å². The third-order valence-electron chi connectivity index (χ3n) is 3.46. The molecule has 1 saturated carbocycles. The van der Waals surface area contributed by atoms with Crippen LogP contribution in [0.3, 0.4) is 0 Å². The summed E-state index contributed by atoms with van der Waals surface area (Å²) in [4.78, 5) is 0.697. The summed E-state index contributed by atoms with van der Waals surface area (Å²) in [5, 5.41) is 0. The van der Waals surface area contributed by atoms with Crippen LogP contribution in [0.1, 0.15) is 56.1 Å². The Kier molecular flexibility index (Phi) is 3.50. The van der Waals surface area contributed by atoms with Crippen molar-refractivity contribution in [3.8, 4) is 0 Å². The van der Waals surface area contributed by atoms with Gasteiger partial charge in [0, 0.05) is 4.83 Å². The van der Waals surface area contributed by atoms with Crippen molar-refractivity contribution < 1.29 is 0 Å². The summed E-state index contributed by atoms with van der Waals surface area (Å²) in [5.41, 5.74) is 2.96. The van der Waals surface area contributed by atoms with Crippen LogP contribution in [0.5, 0.6) is 0 Å². The molecule has 2 atom stereocenters. The smallest absolute Gasteiger partial charge is 0.0214 e. The SMILES string of the molecule is CC(C)c1ccc(C2CCCC2Br)cc1. The fraction of sp³-hybridized carbons (Fsp3) is 0.571. The van der Waals surface area contributed by atoms with Crippen LogP contribution in [0.4, 0.5) is 0 Å². The first kappa shape index (κ1) is 11.2. The lowest BCUT2D eigenvalue weighted by molar-refractivity contribution is 0.741. The summed E-state index contributed by atoms with van der Waals surface area (Å²) in [6.07, 6.45) is 4.04. The van der Waals surface area contributed by atoms with Crippen molar-refractivity contribution >= 4 is 15.9 Å². The van der Waals surface area contributed by atoms with Gasteiger partial charge in [-0.25, -0.2) is 0 Å². The van der Waals surface area contributed by atoms with E-state index in [-0.39, 0.29) is 0 Å². The molecule has 82 valence electrons. The molecule has 0 N–H and O–H groups in total. The van der Waals surface area contributed by atoms with E-state index >= 15 is 0 Å². The van der Waals surface area contributed by atoms with Gasteiger partial charge in [-0.05, 0) is 35.8 Å². The van der Waals surface area contributed by atoms with Gasteiger partial charge in [-0.15, -0.1) is 0 Å². The first-order chi connectivity index (χ1) is 7.18. The zero-order valence-electron chi connectivity index (χ0n) is 9.54. The third kappa shape index (κ3) is 2.44. The largest absolute Gasteiger partial charge is 0.0884 e. The van der Waals surface area contributed by atoms with Crippen molar-refractivity contribution in [2.24, 2.45) is 0 Å². The van der Waals surface area contributed by atoms with Crippen LogP contribution in [-0.2, 0) is 0 Å². The summed E-state index contributed by atoms with van der Waals surface area (Å²) in [6, 6.07) is 9.22. The highest BCUT2D eigenvalue weighted by molar-refractivity contribution is 9.09. The maximum Gasteiger partial charge on any atom is 0.0214 e. The minimum Gasteiger partial charge on any atom is -0.0884 e. The Balaban J connectivity index is 2.16. The van der Waals surface area contributed by atoms with Gasteiger partial charge in [-0.3, -0.25) is 0 Å². The van der Waals surface area contributed by atoms with Gasteiger partial charge in [0.1, 0.15) is 0 Å². The first-order valence-corrected chi connectivity index (χ1v) is 6.84. The zero-order valence-corrected chi connectivity index (χ0v) is 11.1. The number of hydrogen-bond donors (Lipinski definition) is 0. The molecule has 1 aliphatic rings. The van der Waals surface area contributed by atoms with Gasteiger partial charge in [0.05, 0.1) is 0 Å². The van der Waals surface area contributed by atoms with E-state index in [0.29, 0.717) is 10.7 Å². The Bertz CT molecular complexity index is 313. The maximum absolute atomic E-state index is 3.79. The van der Waals surface area contributed by atoms with Gasteiger partial charge in [0.15, 0.2) is 0 Å².